The zero-order valence-electron chi connectivity index (χ0n) is 30.6. The Balaban J connectivity index is 1.15. The molecule has 1 fully saturated rings. The van der Waals surface area contributed by atoms with E-state index in [1.807, 2.05) is 56.7 Å². The van der Waals surface area contributed by atoms with Crippen LogP contribution in [0.5, 0.6) is 5.75 Å². The zero-order valence-corrected chi connectivity index (χ0v) is 32.2. The van der Waals surface area contributed by atoms with Crippen molar-refractivity contribution in [2.45, 2.75) is 71.2 Å². The van der Waals surface area contributed by atoms with Gasteiger partial charge in [-0.1, -0.05) is 47.5 Å². The number of esters is 1. The number of nitrogens with one attached hydrogen (secondary N) is 3. The Hall–Kier alpha value is -4.49. The minimum absolute atomic E-state index is 0.0915. The lowest BCUT2D eigenvalue weighted by Crippen LogP contribution is -2.35. The number of halogens is 2. The van der Waals surface area contributed by atoms with Crippen LogP contribution in [0.2, 0.25) is 10.0 Å². The molecule has 53 heavy (non-hydrogen) atoms. The molecule has 4 heterocycles. The van der Waals surface area contributed by atoms with Crippen LogP contribution in [0.1, 0.15) is 67.6 Å². The summed E-state index contributed by atoms with van der Waals surface area (Å²) >= 11 is 14.0. The first-order valence-electron chi connectivity index (χ1n) is 17.7. The van der Waals surface area contributed by atoms with Gasteiger partial charge in [0.05, 0.1) is 40.7 Å². The highest BCUT2D eigenvalue weighted by Gasteiger charge is 2.27. The maximum atomic E-state index is 13.6. The molecule has 2 aliphatic rings. The highest BCUT2D eigenvalue weighted by molar-refractivity contribution is 6.39. The molecule has 2 aromatic carbocycles. The maximum absolute atomic E-state index is 13.6. The van der Waals surface area contributed by atoms with Crippen molar-refractivity contribution in [2.24, 2.45) is 7.05 Å². The zero-order chi connectivity index (χ0) is 37.9. The van der Waals surface area contributed by atoms with Crippen LogP contribution in [-0.2, 0) is 40.9 Å². The van der Waals surface area contributed by atoms with Gasteiger partial charge in [0.2, 0.25) is 5.91 Å². The minimum Gasteiger partial charge on any atom is -0.496 e. The molecule has 4 aromatic rings. The van der Waals surface area contributed by atoms with Crippen molar-refractivity contribution in [1.29, 1.82) is 0 Å². The first-order chi connectivity index (χ1) is 25.3. The molecule has 0 unspecified atom stereocenters. The second-order valence-electron chi connectivity index (χ2n) is 14.4. The number of amides is 2. The highest BCUT2D eigenvalue weighted by atomic mass is 35.5. The van der Waals surface area contributed by atoms with E-state index in [2.05, 4.69) is 25.8 Å². The number of rotatable bonds is 12. The maximum Gasteiger partial charge on any atom is 0.307 e. The Morgan fingerprint density at radius 2 is 1.87 bits per heavy atom. The van der Waals surface area contributed by atoms with Crippen molar-refractivity contribution in [3.05, 3.63) is 81.5 Å². The van der Waals surface area contributed by atoms with E-state index in [0.717, 1.165) is 35.5 Å². The van der Waals surface area contributed by atoms with Crippen LogP contribution in [0.25, 0.3) is 22.4 Å². The average molecular weight is 763 g/mol. The summed E-state index contributed by atoms with van der Waals surface area (Å²) in [4.78, 5) is 48.8. The number of benzene rings is 2. The fourth-order valence-electron chi connectivity index (χ4n) is 6.74. The predicted molar refractivity (Wildman–Crippen MR) is 205 cm³/mol. The first kappa shape index (κ1) is 38.2. The molecule has 3 N–H and O–H groups in total. The van der Waals surface area contributed by atoms with Gasteiger partial charge in [-0.05, 0) is 45.4 Å². The normalized spacial score (nSPS) is 15.9. The molecule has 0 spiro atoms. The highest BCUT2D eigenvalue weighted by Crippen LogP contribution is 2.41. The van der Waals surface area contributed by atoms with E-state index in [1.54, 1.807) is 31.5 Å². The largest absolute Gasteiger partial charge is 0.496 e. The van der Waals surface area contributed by atoms with E-state index in [0.29, 0.717) is 77.3 Å². The van der Waals surface area contributed by atoms with Crippen molar-refractivity contribution >= 4 is 46.7 Å². The molecule has 2 amide bonds. The average Bonchev–Trinajstić information content (AvgIpc) is 3.69. The molecule has 0 aliphatic carbocycles. The Kier molecular flexibility index (Phi) is 11.7. The molecule has 0 bridgehead atoms. The Morgan fingerprint density at radius 1 is 1.08 bits per heavy atom. The summed E-state index contributed by atoms with van der Waals surface area (Å²) in [7, 11) is 3.46. The Labute approximate surface area is 319 Å². The minimum atomic E-state index is -0.524. The molecule has 14 heteroatoms. The lowest BCUT2D eigenvalue weighted by Gasteiger charge is -2.27. The standard InChI is InChI=1S/C39H45Cl2N7O5/c1-39(2,3)53-33(50)15-18-48-17-14-30-29(22-48)45-37(47(30)4)38(51)46-28-8-6-7-26(34(28)40)27-13-16-43-36(35(27)41)23-9-10-24(31(19-23)52-5)20-42-21-25-11-12-32(49)44-25/h6-10,13,16,19,25,42H,11-12,14-15,17-18,20-22H2,1-5H3,(H,44,49)(H,46,51)/t25-/m0/s1. The summed E-state index contributed by atoms with van der Waals surface area (Å²) in [6.45, 7) is 8.64. The summed E-state index contributed by atoms with van der Waals surface area (Å²) in [6, 6.07) is 13.1. The van der Waals surface area contributed by atoms with E-state index in [1.165, 1.54) is 0 Å². The van der Waals surface area contributed by atoms with E-state index >= 15 is 0 Å². The fourth-order valence-corrected chi connectivity index (χ4v) is 7.33. The van der Waals surface area contributed by atoms with Crippen LogP contribution in [0.4, 0.5) is 5.69 Å². The molecule has 12 nitrogen and oxygen atoms in total. The SMILES string of the molecule is COc1cc(-c2nccc(-c3cccc(NC(=O)c4nc5c(n4C)CCN(CCC(=O)OC(C)(C)C)C5)c3Cl)c2Cl)ccc1CNC[C@@H]1CCC(=O)N1. The summed E-state index contributed by atoms with van der Waals surface area (Å²) < 4.78 is 13.0. The second-order valence-corrected chi connectivity index (χ2v) is 15.1. The van der Waals surface area contributed by atoms with Gasteiger partial charge in [-0.15, -0.1) is 0 Å². The fraction of sp³-hybridized carbons (Fsp3) is 0.410. The third kappa shape index (κ3) is 9.01. The Bertz CT molecular complexity index is 2030. The van der Waals surface area contributed by atoms with E-state index < -0.39 is 11.5 Å². The van der Waals surface area contributed by atoms with Gasteiger partial charge >= 0.3 is 5.97 Å². The van der Waals surface area contributed by atoms with Crippen molar-refractivity contribution in [2.75, 3.05) is 32.1 Å². The van der Waals surface area contributed by atoms with E-state index in [-0.39, 0.29) is 30.2 Å². The summed E-state index contributed by atoms with van der Waals surface area (Å²) in [5, 5.41) is 10.0. The number of imidazole rings is 1. The lowest BCUT2D eigenvalue weighted by atomic mass is 10.0. The molecule has 2 aliphatic heterocycles. The van der Waals surface area contributed by atoms with Gasteiger partial charge in [-0.3, -0.25) is 24.3 Å². The summed E-state index contributed by atoms with van der Waals surface area (Å²) in [5.41, 5.74) is 5.25. The number of hydrogen-bond acceptors (Lipinski definition) is 9. The van der Waals surface area contributed by atoms with Crippen molar-refractivity contribution in [1.82, 2.24) is 30.1 Å². The van der Waals surface area contributed by atoms with Crippen LogP contribution >= 0.6 is 23.2 Å². The third-order valence-corrected chi connectivity index (χ3v) is 10.2. The number of nitrogens with zero attached hydrogens (tertiary/aromatic N) is 4. The number of hydrogen-bond donors (Lipinski definition) is 3. The quantitative estimate of drug-likeness (QED) is 0.145. The van der Waals surface area contributed by atoms with Gasteiger partial charge in [0, 0.05) is 92.8 Å². The number of carbonyl (C=O) groups excluding carboxylic acids is 3. The van der Waals surface area contributed by atoms with Crippen LogP contribution < -0.4 is 20.7 Å². The number of carbonyl (C=O) groups is 3. The Morgan fingerprint density at radius 3 is 2.60 bits per heavy atom. The molecule has 280 valence electrons. The third-order valence-electron chi connectivity index (χ3n) is 9.37. The van der Waals surface area contributed by atoms with Gasteiger partial charge in [0.1, 0.15) is 11.4 Å². The topological polar surface area (TPSA) is 140 Å². The van der Waals surface area contributed by atoms with Crippen LogP contribution in [0.15, 0.2) is 48.7 Å². The van der Waals surface area contributed by atoms with Crippen LogP contribution in [0, 0.1) is 0 Å². The number of methoxy groups -OCH3 is 1. The second kappa shape index (κ2) is 16.3. The summed E-state index contributed by atoms with van der Waals surface area (Å²) in [6.07, 6.45) is 4.05. The number of ether oxygens (including phenoxy) is 2. The molecule has 6 rings (SSSR count). The monoisotopic (exact) mass is 761 g/mol. The lowest BCUT2D eigenvalue weighted by molar-refractivity contribution is -0.155. The number of pyridine rings is 1. The smallest absolute Gasteiger partial charge is 0.307 e. The van der Waals surface area contributed by atoms with Crippen LogP contribution in [0.3, 0.4) is 0 Å². The first-order valence-corrected chi connectivity index (χ1v) is 18.5. The predicted octanol–water partition coefficient (Wildman–Crippen LogP) is 6.17. The van der Waals surface area contributed by atoms with E-state index in [9.17, 15) is 14.4 Å². The van der Waals surface area contributed by atoms with Gasteiger partial charge in [0.25, 0.3) is 5.91 Å². The molecule has 2 aromatic heterocycles. The van der Waals surface area contributed by atoms with Gasteiger partial charge in [-0.25, -0.2) is 4.98 Å². The molecule has 1 saturated heterocycles. The molecular formula is C39H45Cl2N7O5. The molecule has 1 atom stereocenters. The number of fused-ring (bicyclic) bond motifs is 1. The van der Waals surface area contributed by atoms with E-state index in [4.69, 9.17) is 37.7 Å². The van der Waals surface area contributed by atoms with Crippen molar-refractivity contribution < 1.29 is 23.9 Å². The summed E-state index contributed by atoms with van der Waals surface area (Å²) in [5.74, 6) is 0.416. The molecule has 0 radical (unpaired) electrons. The van der Waals surface area contributed by atoms with Crippen molar-refractivity contribution in [3.8, 4) is 28.1 Å². The number of anilines is 1. The number of aromatic nitrogens is 3. The van der Waals surface area contributed by atoms with Crippen molar-refractivity contribution in [3.63, 3.8) is 0 Å². The van der Waals surface area contributed by atoms with Crippen LogP contribution in [-0.4, -0.2) is 75.6 Å². The van der Waals surface area contributed by atoms with Gasteiger partial charge in [0.15, 0.2) is 5.82 Å². The molecular weight excluding hydrogens is 717 g/mol. The van der Waals surface area contributed by atoms with Gasteiger partial charge in [-0.2, -0.15) is 0 Å². The van der Waals surface area contributed by atoms with Gasteiger partial charge < -0.3 is 30.0 Å². The molecule has 0 saturated carbocycles.